The molecule has 0 atom stereocenters. The first-order chi connectivity index (χ1) is 24.9. The largest absolute Gasteiger partial charge is 0.496 e. The number of likely N-dealkylation sites (tertiary alicyclic amines) is 1. The van der Waals surface area contributed by atoms with Crippen LogP contribution in [0.3, 0.4) is 0 Å². The zero-order valence-electron chi connectivity index (χ0n) is 29.9. The highest BCUT2D eigenvalue weighted by atomic mass is 32.1. The van der Waals surface area contributed by atoms with Crippen LogP contribution in [0, 0.1) is 5.82 Å². The summed E-state index contributed by atoms with van der Waals surface area (Å²) in [7, 11) is 1.50. The Hall–Kier alpha value is -5.07. The van der Waals surface area contributed by atoms with E-state index in [0.717, 1.165) is 32.5 Å². The third-order valence-electron chi connectivity index (χ3n) is 9.59. The highest BCUT2D eigenvalue weighted by Crippen LogP contribution is 2.45. The van der Waals surface area contributed by atoms with E-state index in [1.165, 1.54) is 42.9 Å². The number of hydrogen-bond donors (Lipinski definition) is 2. The first-order valence-electron chi connectivity index (χ1n) is 17.2. The van der Waals surface area contributed by atoms with Gasteiger partial charge in [-0.3, -0.25) is 9.79 Å². The molecule has 2 aliphatic rings. The van der Waals surface area contributed by atoms with E-state index in [2.05, 4.69) is 12.6 Å². The minimum Gasteiger partial charge on any atom is -0.496 e. The van der Waals surface area contributed by atoms with E-state index in [0.29, 0.717) is 73.6 Å². The van der Waals surface area contributed by atoms with Gasteiger partial charge in [0.1, 0.15) is 17.2 Å². The second-order valence-corrected chi connectivity index (χ2v) is 15.0. The van der Waals surface area contributed by atoms with E-state index in [1.54, 1.807) is 22.1 Å². The second-order valence-electron chi connectivity index (χ2n) is 14.1. The number of pyridine rings is 1. The fourth-order valence-electron chi connectivity index (χ4n) is 6.75. The number of carbonyl (C=O) groups excluding carboxylic acids is 2. The third-order valence-corrected chi connectivity index (χ3v) is 10.5. The minimum atomic E-state index is -0.818. The van der Waals surface area contributed by atoms with Gasteiger partial charge in [-0.15, -0.1) is 11.3 Å². The average Bonchev–Trinajstić information content (AvgIpc) is 3.63. The number of carbonyl (C=O) groups is 2. The number of aliphatic imine (C=N–C) groups is 1. The quantitative estimate of drug-likeness (QED) is 0.148. The van der Waals surface area contributed by atoms with Crippen LogP contribution in [0.4, 0.5) is 9.18 Å². The van der Waals surface area contributed by atoms with E-state index in [4.69, 9.17) is 25.2 Å². The summed E-state index contributed by atoms with van der Waals surface area (Å²) in [5.41, 5.74) is 11.1. The molecule has 2 aromatic carbocycles. The predicted molar refractivity (Wildman–Crippen MR) is 204 cm³/mol. The third kappa shape index (κ3) is 7.44. The number of benzene rings is 2. The number of thiophene rings is 1. The molecular weight excluding hydrogens is 682 g/mol. The van der Waals surface area contributed by atoms with Crippen LogP contribution in [0.1, 0.15) is 50.4 Å². The van der Waals surface area contributed by atoms with Gasteiger partial charge in [0.2, 0.25) is 5.91 Å². The van der Waals surface area contributed by atoms with E-state index < -0.39 is 17.0 Å². The van der Waals surface area contributed by atoms with Crippen LogP contribution in [0.5, 0.6) is 5.75 Å². The fraction of sp³-hybridized carbons (Fsp3) is 0.350. The number of methoxy groups -OCH3 is 1. The fourth-order valence-corrected chi connectivity index (χ4v) is 7.70. The molecule has 2 aromatic heterocycles. The van der Waals surface area contributed by atoms with Crippen LogP contribution in [-0.4, -0.2) is 82.6 Å². The number of nitrogens with zero attached hydrogens (tertiary/aromatic N) is 4. The number of allylic oxidation sites excluding steroid dienone is 1. The Morgan fingerprint density at radius 3 is 2.56 bits per heavy atom. The number of fused-ring (bicyclic) bond motifs is 2. The number of hydrogen-bond acceptors (Lipinski definition) is 9. The van der Waals surface area contributed by atoms with Gasteiger partial charge in [-0.05, 0) is 86.9 Å². The van der Waals surface area contributed by atoms with Crippen molar-refractivity contribution in [3.05, 3.63) is 89.3 Å². The molecule has 1 fully saturated rings. The molecule has 2 amide bonds. The van der Waals surface area contributed by atoms with Gasteiger partial charge in [-0.25, -0.2) is 14.2 Å². The van der Waals surface area contributed by atoms with Crippen LogP contribution in [-0.2, 0) is 22.5 Å². The van der Waals surface area contributed by atoms with Gasteiger partial charge in [0.15, 0.2) is 0 Å². The summed E-state index contributed by atoms with van der Waals surface area (Å²) in [6, 6.07) is 12.6. The molecule has 2 aliphatic heterocycles. The van der Waals surface area contributed by atoms with Crippen molar-refractivity contribution in [2.24, 2.45) is 10.7 Å². The molecule has 10 nitrogen and oxygen atoms in total. The number of aromatic nitrogens is 1. The van der Waals surface area contributed by atoms with Crippen LogP contribution < -0.4 is 10.5 Å². The number of nitrogens with two attached hydrogens (primary N) is 1. The molecule has 1 saturated heterocycles. The number of amides is 2. The average molecular weight is 726 g/mol. The van der Waals surface area contributed by atoms with Crippen LogP contribution >= 0.6 is 11.3 Å². The summed E-state index contributed by atoms with van der Waals surface area (Å²) >= 11 is 1.53. The molecule has 0 bridgehead atoms. The zero-order valence-corrected chi connectivity index (χ0v) is 30.8. The van der Waals surface area contributed by atoms with Crippen molar-refractivity contribution in [1.82, 2.24) is 14.8 Å². The Balaban J connectivity index is 1.45. The lowest BCUT2D eigenvalue weighted by Crippen LogP contribution is -2.47. The summed E-state index contributed by atoms with van der Waals surface area (Å²) in [6.07, 6.45) is 5.62. The van der Waals surface area contributed by atoms with Crippen LogP contribution in [0.25, 0.3) is 38.0 Å². The lowest BCUT2D eigenvalue weighted by atomic mass is 9.88. The van der Waals surface area contributed by atoms with Gasteiger partial charge < -0.3 is 30.1 Å². The number of halogens is 1. The molecule has 12 heteroatoms. The van der Waals surface area contributed by atoms with Gasteiger partial charge in [0.25, 0.3) is 0 Å². The van der Waals surface area contributed by atoms with Gasteiger partial charge in [0.05, 0.1) is 30.6 Å². The van der Waals surface area contributed by atoms with Crippen molar-refractivity contribution in [1.29, 1.82) is 0 Å². The maximum absolute atomic E-state index is 14.5. The van der Waals surface area contributed by atoms with Crippen molar-refractivity contribution < 1.29 is 28.6 Å². The van der Waals surface area contributed by atoms with Gasteiger partial charge in [0, 0.05) is 77.0 Å². The maximum Gasteiger partial charge on any atom is 0.410 e. The molecule has 4 aromatic rings. The Labute approximate surface area is 307 Å². The highest BCUT2D eigenvalue weighted by Gasteiger charge is 2.35. The standard InChI is InChI=1S/C40H44FN5O5S/c1-6-33(48)45-16-13-40(24-47,14-17-45)43-22-28(21-42)36-34(30-10-9-29(41)20-32(30)50-5)37-31(12-18-52-37)35(44-36)26-7-8-27-23-46(15-11-25(27)19-26)38(49)51-39(2,3)4/h6-10,12,18-22,47H,1,11,13-17,23-24,42H2,2-5H3/b28-21+,43-22?. The van der Waals surface area contributed by atoms with E-state index >= 15 is 0 Å². The Morgan fingerprint density at radius 1 is 1.12 bits per heavy atom. The smallest absolute Gasteiger partial charge is 0.410 e. The molecule has 4 heterocycles. The lowest BCUT2D eigenvalue weighted by molar-refractivity contribution is -0.127. The molecule has 0 radical (unpaired) electrons. The second kappa shape index (κ2) is 14.9. The molecule has 0 unspecified atom stereocenters. The van der Waals surface area contributed by atoms with Crippen molar-refractivity contribution in [3.8, 4) is 28.1 Å². The van der Waals surface area contributed by atoms with Gasteiger partial charge in [-0.1, -0.05) is 18.7 Å². The molecule has 0 saturated carbocycles. The Bertz CT molecular complexity index is 2080. The zero-order chi connectivity index (χ0) is 37.2. The highest BCUT2D eigenvalue weighted by molar-refractivity contribution is 7.18. The molecule has 6 rings (SSSR count). The van der Waals surface area contributed by atoms with Crippen LogP contribution in [0.2, 0.25) is 0 Å². The lowest BCUT2D eigenvalue weighted by Gasteiger charge is -2.37. The normalized spacial score (nSPS) is 16.2. The van der Waals surface area contributed by atoms with Crippen molar-refractivity contribution in [2.45, 2.75) is 57.7 Å². The maximum atomic E-state index is 14.5. The predicted octanol–water partition coefficient (Wildman–Crippen LogP) is 6.98. The molecule has 0 aliphatic carbocycles. The molecule has 52 heavy (non-hydrogen) atoms. The van der Waals surface area contributed by atoms with Crippen molar-refractivity contribution in [3.63, 3.8) is 0 Å². The summed E-state index contributed by atoms with van der Waals surface area (Å²) in [5.74, 6) is -0.247. The molecular formula is C40H44FN5O5S. The topological polar surface area (TPSA) is 131 Å². The SMILES string of the molecule is C=CC(=O)N1CCC(CO)(N=C/C(=C\N)c2nc(-c3ccc4c(c3)CCN(C(=O)OC(C)(C)C)C4)c3ccsc3c2-c2ccc(F)cc2OC)CC1. The summed E-state index contributed by atoms with van der Waals surface area (Å²) in [5, 5.41) is 13.4. The van der Waals surface area contributed by atoms with Crippen LogP contribution in [0.15, 0.2) is 71.7 Å². The summed E-state index contributed by atoms with van der Waals surface area (Å²) < 4.78 is 26.7. The van der Waals surface area contributed by atoms with Crippen molar-refractivity contribution >= 4 is 45.2 Å². The van der Waals surface area contributed by atoms with Crippen molar-refractivity contribution in [2.75, 3.05) is 33.4 Å². The van der Waals surface area contributed by atoms with E-state index in [-0.39, 0.29) is 18.6 Å². The number of piperidine rings is 1. The monoisotopic (exact) mass is 725 g/mol. The van der Waals surface area contributed by atoms with Gasteiger partial charge in [-0.2, -0.15) is 0 Å². The van der Waals surface area contributed by atoms with E-state index in [9.17, 15) is 19.1 Å². The first-order valence-corrected chi connectivity index (χ1v) is 18.1. The Morgan fingerprint density at radius 2 is 1.88 bits per heavy atom. The van der Waals surface area contributed by atoms with E-state index in [1.807, 2.05) is 44.4 Å². The molecule has 0 spiro atoms. The minimum absolute atomic E-state index is 0.153. The number of ether oxygens (including phenoxy) is 2. The Kier molecular flexibility index (Phi) is 10.5. The summed E-state index contributed by atoms with van der Waals surface area (Å²) in [4.78, 5) is 38.7. The van der Waals surface area contributed by atoms with Gasteiger partial charge >= 0.3 is 6.09 Å². The molecule has 3 N–H and O–H groups in total. The first kappa shape index (κ1) is 36.7. The summed E-state index contributed by atoms with van der Waals surface area (Å²) in [6.45, 7) is 10.8. The molecule has 272 valence electrons. The number of aliphatic hydroxyl groups excluding tert-OH is 1. The number of aliphatic hydroxyl groups is 1. The number of rotatable bonds is 8.